The van der Waals surface area contributed by atoms with E-state index in [2.05, 4.69) is 0 Å². The summed E-state index contributed by atoms with van der Waals surface area (Å²) in [4.78, 5) is 0. The Labute approximate surface area is 112 Å². The zero-order valence-corrected chi connectivity index (χ0v) is 11.2. The van der Waals surface area contributed by atoms with Crippen LogP contribution in [0, 0.1) is 6.92 Å². The molecule has 0 saturated carbocycles. The topological polar surface area (TPSA) is 35.2 Å². The molecule has 18 heavy (non-hydrogen) atoms. The van der Waals surface area contributed by atoms with Crippen LogP contribution in [0.2, 0.25) is 5.02 Å². The number of nitrogens with two attached hydrogens (primary N) is 1. The van der Waals surface area contributed by atoms with Gasteiger partial charge in [-0.25, -0.2) is 0 Å². The van der Waals surface area contributed by atoms with Gasteiger partial charge in [0, 0.05) is 6.07 Å². The van der Waals surface area contributed by atoms with Crippen molar-refractivity contribution in [3.8, 4) is 5.75 Å². The van der Waals surface area contributed by atoms with Gasteiger partial charge in [-0.3, -0.25) is 0 Å². The van der Waals surface area contributed by atoms with E-state index in [0.717, 1.165) is 16.9 Å². The van der Waals surface area contributed by atoms with Gasteiger partial charge >= 0.3 is 0 Å². The van der Waals surface area contributed by atoms with Crippen molar-refractivity contribution in [2.24, 2.45) is 0 Å². The predicted octanol–water partition coefficient (Wildman–Crippen LogP) is 4.37. The molecule has 0 aliphatic carbocycles. The summed E-state index contributed by atoms with van der Waals surface area (Å²) in [6.45, 7) is 3.97. The summed E-state index contributed by atoms with van der Waals surface area (Å²) in [5.41, 5.74) is 8.44. The number of nitrogen functional groups attached to an aromatic ring is 1. The molecule has 0 bridgehead atoms. The average Bonchev–Trinajstić information content (AvgIpc) is 2.37. The first-order chi connectivity index (χ1) is 8.58. The first kappa shape index (κ1) is 12.8. The molecule has 1 atom stereocenters. The molecule has 0 amide bonds. The molecule has 0 aliphatic rings. The SMILES string of the molecule is Cc1cc(N)c(Cl)cc1OC(C)c1ccccc1. The quantitative estimate of drug-likeness (QED) is 0.833. The fraction of sp³-hybridized carbons (Fsp3) is 0.200. The van der Waals surface area contributed by atoms with Crippen LogP contribution in [0.1, 0.15) is 24.2 Å². The second kappa shape index (κ2) is 5.32. The van der Waals surface area contributed by atoms with Gasteiger partial charge < -0.3 is 10.5 Å². The number of ether oxygens (including phenoxy) is 1. The second-order valence-corrected chi connectivity index (χ2v) is 4.72. The number of benzene rings is 2. The van der Waals surface area contributed by atoms with E-state index in [9.17, 15) is 0 Å². The normalized spacial score (nSPS) is 12.2. The van der Waals surface area contributed by atoms with E-state index in [1.807, 2.05) is 50.2 Å². The largest absolute Gasteiger partial charge is 0.486 e. The molecule has 2 aromatic rings. The molecular formula is C15H16ClNO. The molecule has 94 valence electrons. The number of anilines is 1. The molecule has 0 saturated heterocycles. The van der Waals surface area contributed by atoms with Crippen molar-refractivity contribution in [3.05, 3.63) is 58.6 Å². The van der Waals surface area contributed by atoms with Crippen molar-refractivity contribution < 1.29 is 4.74 Å². The second-order valence-electron chi connectivity index (χ2n) is 4.31. The predicted molar refractivity (Wildman–Crippen MR) is 76.1 cm³/mol. The van der Waals surface area contributed by atoms with Crippen LogP contribution in [0.5, 0.6) is 5.75 Å². The Kier molecular flexibility index (Phi) is 3.78. The fourth-order valence-electron chi connectivity index (χ4n) is 1.80. The smallest absolute Gasteiger partial charge is 0.124 e. The lowest BCUT2D eigenvalue weighted by molar-refractivity contribution is 0.225. The van der Waals surface area contributed by atoms with Gasteiger partial charge in [0.05, 0.1) is 10.7 Å². The third kappa shape index (κ3) is 2.77. The van der Waals surface area contributed by atoms with Crippen LogP contribution in [0.15, 0.2) is 42.5 Å². The molecule has 0 aromatic heterocycles. The Bertz CT molecular complexity index is 540. The van der Waals surface area contributed by atoms with Gasteiger partial charge in [0.25, 0.3) is 0 Å². The molecule has 0 heterocycles. The van der Waals surface area contributed by atoms with Crippen LogP contribution in [0.25, 0.3) is 0 Å². The van der Waals surface area contributed by atoms with E-state index in [1.54, 1.807) is 6.07 Å². The van der Waals surface area contributed by atoms with Crippen LogP contribution in [-0.4, -0.2) is 0 Å². The van der Waals surface area contributed by atoms with Gasteiger partial charge in [-0.15, -0.1) is 0 Å². The zero-order chi connectivity index (χ0) is 13.1. The number of rotatable bonds is 3. The monoisotopic (exact) mass is 261 g/mol. The van der Waals surface area contributed by atoms with E-state index in [-0.39, 0.29) is 6.10 Å². The molecule has 2 N–H and O–H groups in total. The summed E-state index contributed by atoms with van der Waals surface area (Å²) in [5, 5.41) is 0.524. The van der Waals surface area contributed by atoms with Crippen molar-refractivity contribution in [1.82, 2.24) is 0 Å². The van der Waals surface area contributed by atoms with Crippen molar-refractivity contribution in [2.45, 2.75) is 20.0 Å². The van der Waals surface area contributed by atoms with Crippen molar-refractivity contribution in [2.75, 3.05) is 5.73 Å². The van der Waals surface area contributed by atoms with Crippen molar-refractivity contribution >= 4 is 17.3 Å². The van der Waals surface area contributed by atoms with Crippen molar-refractivity contribution in [3.63, 3.8) is 0 Å². The van der Waals surface area contributed by atoms with E-state index in [1.165, 1.54) is 0 Å². The lowest BCUT2D eigenvalue weighted by Gasteiger charge is -2.17. The van der Waals surface area contributed by atoms with Gasteiger partial charge in [-0.1, -0.05) is 41.9 Å². The Morgan fingerprint density at radius 1 is 1.17 bits per heavy atom. The van der Waals surface area contributed by atoms with Gasteiger partial charge in [0.15, 0.2) is 0 Å². The number of halogens is 1. The standard InChI is InChI=1S/C15H16ClNO/c1-10-8-14(17)13(16)9-15(10)18-11(2)12-6-4-3-5-7-12/h3-9,11H,17H2,1-2H3. The van der Waals surface area contributed by atoms with Gasteiger partial charge in [0.1, 0.15) is 11.9 Å². The zero-order valence-electron chi connectivity index (χ0n) is 10.5. The molecule has 0 aliphatic heterocycles. The first-order valence-corrected chi connectivity index (χ1v) is 6.23. The fourth-order valence-corrected chi connectivity index (χ4v) is 1.95. The molecule has 0 fully saturated rings. The minimum Gasteiger partial charge on any atom is -0.486 e. The molecule has 2 rings (SSSR count). The molecule has 0 spiro atoms. The van der Waals surface area contributed by atoms with Gasteiger partial charge in [-0.05, 0) is 31.0 Å². The molecule has 0 radical (unpaired) electrons. The first-order valence-electron chi connectivity index (χ1n) is 5.85. The number of hydrogen-bond acceptors (Lipinski definition) is 2. The maximum Gasteiger partial charge on any atom is 0.124 e. The highest BCUT2D eigenvalue weighted by atomic mass is 35.5. The minimum absolute atomic E-state index is 0.0235. The highest BCUT2D eigenvalue weighted by Gasteiger charge is 2.10. The van der Waals surface area contributed by atoms with E-state index in [4.69, 9.17) is 22.1 Å². The van der Waals surface area contributed by atoms with Crippen molar-refractivity contribution in [1.29, 1.82) is 0 Å². The van der Waals surface area contributed by atoms with Crippen LogP contribution < -0.4 is 10.5 Å². The Hall–Kier alpha value is -1.67. The molecule has 2 nitrogen and oxygen atoms in total. The highest BCUT2D eigenvalue weighted by Crippen LogP contribution is 2.31. The third-order valence-electron chi connectivity index (χ3n) is 2.87. The molecule has 1 unspecified atom stereocenters. The summed E-state index contributed by atoms with van der Waals surface area (Å²) < 4.78 is 5.93. The van der Waals surface area contributed by atoms with Crippen LogP contribution in [0.3, 0.4) is 0 Å². The summed E-state index contributed by atoms with van der Waals surface area (Å²) >= 11 is 6.01. The van der Waals surface area contributed by atoms with Gasteiger partial charge in [0.2, 0.25) is 0 Å². The Morgan fingerprint density at radius 3 is 2.50 bits per heavy atom. The maximum atomic E-state index is 6.01. The lowest BCUT2D eigenvalue weighted by Crippen LogP contribution is -2.04. The molecule has 2 aromatic carbocycles. The Morgan fingerprint density at radius 2 is 1.83 bits per heavy atom. The molecule has 3 heteroatoms. The summed E-state index contributed by atoms with van der Waals surface area (Å²) in [6.07, 6.45) is -0.0235. The summed E-state index contributed by atoms with van der Waals surface area (Å²) in [5.74, 6) is 0.769. The molecular weight excluding hydrogens is 246 g/mol. The van der Waals surface area contributed by atoms with Gasteiger partial charge in [-0.2, -0.15) is 0 Å². The highest BCUT2D eigenvalue weighted by molar-refractivity contribution is 6.33. The summed E-state index contributed by atoms with van der Waals surface area (Å²) in [7, 11) is 0. The average molecular weight is 262 g/mol. The lowest BCUT2D eigenvalue weighted by atomic mass is 10.1. The third-order valence-corrected chi connectivity index (χ3v) is 3.19. The van der Waals surface area contributed by atoms with E-state index < -0.39 is 0 Å². The number of hydrogen-bond donors (Lipinski definition) is 1. The minimum atomic E-state index is -0.0235. The van der Waals surface area contributed by atoms with Crippen LogP contribution in [-0.2, 0) is 0 Å². The summed E-state index contributed by atoms with van der Waals surface area (Å²) in [6, 6.07) is 13.7. The van der Waals surface area contributed by atoms with Crippen LogP contribution in [0.4, 0.5) is 5.69 Å². The van der Waals surface area contributed by atoms with Crippen LogP contribution >= 0.6 is 11.6 Å². The van der Waals surface area contributed by atoms with E-state index >= 15 is 0 Å². The maximum absolute atomic E-state index is 6.01. The number of aryl methyl sites for hydroxylation is 1. The Balaban J connectivity index is 2.22. The van der Waals surface area contributed by atoms with E-state index in [0.29, 0.717) is 10.7 Å².